The molecule has 0 spiro atoms. The van der Waals surface area contributed by atoms with Gasteiger partial charge in [-0.3, -0.25) is 9.59 Å². The van der Waals surface area contributed by atoms with Gasteiger partial charge in [0.2, 0.25) is 5.91 Å². The van der Waals surface area contributed by atoms with Crippen LogP contribution in [0.1, 0.15) is 24.5 Å². The summed E-state index contributed by atoms with van der Waals surface area (Å²) in [6.45, 7) is 4.02. The Hall–Kier alpha value is -2.05. The van der Waals surface area contributed by atoms with Crippen LogP contribution in [0.2, 0.25) is 5.02 Å². The molecule has 2 amide bonds. The lowest BCUT2D eigenvalue weighted by Gasteiger charge is -2.30. The molecule has 1 atom stereocenters. The Kier molecular flexibility index (Phi) is 8.33. The summed E-state index contributed by atoms with van der Waals surface area (Å²) in [5.41, 5.74) is 2.06. The number of halogens is 2. The Balaban J connectivity index is 2.21. The van der Waals surface area contributed by atoms with Gasteiger partial charge in [0.25, 0.3) is 5.91 Å². The second kappa shape index (κ2) is 10.5. The maximum absolute atomic E-state index is 13.0. The second-order valence-electron chi connectivity index (χ2n) is 6.41. The Morgan fingerprint density at radius 2 is 2.00 bits per heavy atom. The predicted molar refractivity (Wildman–Crippen MR) is 115 cm³/mol. The number of carbonyl (C=O) groups excluding carboxylic acids is 2. The first-order chi connectivity index (χ1) is 13.3. The highest BCUT2D eigenvalue weighted by Crippen LogP contribution is 2.28. The molecule has 0 saturated carbocycles. The van der Waals surface area contributed by atoms with Gasteiger partial charge in [-0.25, -0.2) is 0 Å². The summed E-state index contributed by atoms with van der Waals surface area (Å²) in [7, 11) is 1.57. The fraction of sp³-hybridized carbons (Fsp3) is 0.333. The van der Waals surface area contributed by atoms with Crippen LogP contribution in [-0.4, -0.2) is 36.4 Å². The van der Waals surface area contributed by atoms with Crippen molar-refractivity contribution in [3.8, 4) is 5.75 Å². The van der Waals surface area contributed by atoms with E-state index in [1.165, 1.54) is 0 Å². The van der Waals surface area contributed by atoms with Crippen molar-refractivity contribution in [2.45, 2.75) is 32.9 Å². The summed E-state index contributed by atoms with van der Waals surface area (Å²) < 4.78 is 6.34. The molecular formula is C21H24BrClN2O3. The highest BCUT2D eigenvalue weighted by molar-refractivity contribution is 9.10. The largest absolute Gasteiger partial charge is 0.483 e. The summed E-state index contributed by atoms with van der Waals surface area (Å²) in [4.78, 5) is 26.9. The molecule has 28 heavy (non-hydrogen) atoms. The molecule has 0 bridgehead atoms. The average molecular weight is 468 g/mol. The zero-order chi connectivity index (χ0) is 20.7. The molecule has 150 valence electrons. The third kappa shape index (κ3) is 5.97. The van der Waals surface area contributed by atoms with Crippen LogP contribution in [0.25, 0.3) is 0 Å². The predicted octanol–water partition coefficient (Wildman–Crippen LogP) is 4.34. The summed E-state index contributed by atoms with van der Waals surface area (Å²) in [6.07, 6.45) is 0.502. The highest BCUT2D eigenvalue weighted by atomic mass is 79.9. The minimum atomic E-state index is -0.574. The standard InChI is InChI=1S/C21H24BrClN2O3/c1-4-18(21(27)24-3)25(12-15-7-5-6-14(2)10-15)20(26)13-28-19-9-8-16(23)11-17(19)22/h5-11,18H,4,12-13H2,1-3H3,(H,24,27)/t18-/m1/s1. The van der Waals surface area contributed by atoms with Gasteiger partial charge >= 0.3 is 0 Å². The first-order valence-corrected chi connectivity index (χ1v) is 10.2. The van der Waals surface area contributed by atoms with Gasteiger partial charge < -0.3 is 15.0 Å². The minimum absolute atomic E-state index is 0.181. The first kappa shape index (κ1) is 22.2. The molecule has 0 unspecified atom stereocenters. The lowest BCUT2D eigenvalue weighted by atomic mass is 10.1. The van der Waals surface area contributed by atoms with Crippen molar-refractivity contribution in [1.82, 2.24) is 10.2 Å². The molecule has 7 heteroatoms. The summed E-state index contributed by atoms with van der Waals surface area (Å²) in [6, 6.07) is 12.4. The summed E-state index contributed by atoms with van der Waals surface area (Å²) in [5, 5.41) is 3.21. The molecule has 0 aliphatic heterocycles. The number of nitrogens with one attached hydrogen (secondary N) is 1. The van der Waals surface area contributed by atoms with Crippen LogP contribution in [0.15, 0.2) is 46.9 Å². The Morgan fingerprint density at radius 3 is 2.61 bits per heavy atom. The van der Waals surface area contributed by atoms with Gasteiger partial charge in [0, 0.05) is 18.6 Å². The number of rotatable bonds is 8. The highest BCUT2D eigenvalue weighted by Gasteiger charge is 2.28. The Labute approximate surface area is 179 Å². The lowest BCUT2D eigenvalue weighted by Crippen LogP contribution is -2.49. The van der Waals surface area contributed by atoms with E-state index < -0.39 is 6.04 Å². The van der Waals surface area contributed by atoms with E-state index in [2.05, 4.69) is 21.2 Å². The van der Waals surface area contributed by atoms with E-state index in [4.69, 9.17) is 16.3 Å². The van der Waals surface area contributed by atoms with Crippen LogP contribution in [0.4, 0.5) is 0 Å². The molecule has 2 rings (SSSR count). The maximum atomic E-state index is 13.0. The molecule has 0 fully saturated rings. The van der Waals surface area contributed by atoms with Crippen LogP contribution >= 0.6 is 27.5 Å². The number of aryl methyl sites for hydroxylation is 1. The fourth-order valence-corrected chi connectivity index (χ4v) is 3.71. The zero-order valence-corrected chi connectivity index (χ0v) is 18.5. The number of nitrogens with zero attached hydrogens (tertiary/aromatic N) is 1. The summed E-state index contributed by atoms with van der Waals surface area (Å²) >= 11 is 9.31. The molecule has 0 radical (unpaired) electrons. The van der Waals surface area contributed by atoms with Crippen molar-refractivity contribution >= 4 is 39.3 Å². The Bertz CT molecular complexity index is 844. The molecule has 0 aromatic heterocycles. The van der Waals surface area contributed by atoms with E-state index in [9.17, 15) is 9.59 Å². The van der Waals surface area contributed by atoms with E-state index in [1.54, 1.807) is 30.1 Å². The smallest absolute Gasteiger partial charge is 0.261 e. The number of likely N-dealkylation sites (N-methyl/N-ethyl adjacent to an activating group) is 1. The molecule has 0 saturated heterocycles. The van der Waals surface area contributed by atoms with Gasteiger partial charge in [-0.15, -0.1) is 0 Å². The number of hydrogen-bond acceptors (Lipinski definition) is 3. The van der Waals surface area contributed by atoms with Crippen LogP contribution in [0.5, 0.6) is 5.75 Å². The summed E-state index contributed by atoms with van der Waals surface area (Å²) in [5.74, 6) is 0.0521. The maximum Gasteiger partial charge on any atom is 0.261 e. The lowest BCUT2D eigenvalue weighted by molar-refractivity contribution is -0.142. The quantitative estimate of drug-likeness (QED) is 0.628. The van der Waals surface area contributed by atoms with Crippen molar-refractivity contribution in [1.29, 1.82) is 0 Å². The third-order valence-corrected chi connectivity index (χ3v) is 5.17. The molecule has 0 aliphatic rings. The Morgan fingerprint density at radius 1 is 1.25 bits per heavy atom. The number of carbonyl (C=O) groups is 2. The third-order valence-electron chi connectivity index (χ3n) is 4.31. The van der Waals surface area contributed by atoms with Crippen molar-refractivity contribution in [3.63, 3.8) is 0 Å². The molecular weight excluding hydrogens is 444 g/mol. The van der Waals surface area contributed by atoms with E-state index >= 15 is 0 Å². The van der Waals surface area contributed by atoms with E-state index in [1.807, 2.05) is 38.1 Å². The van der Waals surface area contributed by atoms with Gasteiger partial charge in [0.15, 0.2) is 6.61 Å². The van der Waals surface area contributed by atoms with Crippen LogP contribution in [0.3, 0.4) is 0 Å². The molecule has 1 N–H and O–H groups in total. The monoisotopic (exact) mass is 466 g/mol. The molecule has 5 nitrogen and oxygen atoms in total. The molecule has 0 aliphatic carbocycles. The normalized spacial score (nSPS) is 11.6. The molecule has 0 heterocycles. The van der Waals surface area contributed by atoms with Crippen LogP contribution in [0, 0.1) is 6.92 Å². The fourth-order valence-electron chi connectivity index (χ4n) is 2.91. The van der Waals surface area contributed by atoms with Crippen molar-refractivity contribution in [3.05, 3.63) is 63.1 Å². The van der Waals surface area contributed by atoms with Crippen LogP contribution in [-0.2, 0) is 16.1 Å². The minimum Gasteiger partial charge on any atom is -0.483 e. The van der Waals surface area contributed by atoms with E-state index in [-0.39, 0.29) is 18.4 Å². The van der Waals surface area contributed by atoms with Gasteiger partial charge in [-0.1, -0.05) is 48.4 Å². The van der Waals surface area contributed by atoms with Crippen LogP contribution < -0.4 is 10.1 Å². The van der Waals surface area contributed by atoms with Crippen molar-refractivity contribution in [2.75, 3.05) is 13.7 Å². The molecule has 2 aromatic carbocycles. The second-order valence-corrected chi connectivity index (χ2v) is 7.70. The van der Waals surface area contributed by atoms with Crippen molar-refractivity contribution < 1.29 is 14.3 Å². The number of hydrogen-bond donors (Lipinski definition) is 1. The number of amides is 2. The average Bonchev–Trinajstić information content (AvgIpc) is 2.66. The zero-order valence-electron chi connectivity index (χ0n) is 16.2. The first-order valence-electron chi connectivity index (χ1n) is 9.00. The van der Waals surface area contributed by atoms with E-state index in [0.717, 1.165) is 11.1 Å². The van der Waals surface area contributed by atoms with E-state index in [0.29, 0.717) is 28.2 Å². The number of benzene rings is 2. The van der Waals surface area contributed by atoms with Gasteiger partial charge in [-0.2, -0.15) is 0 Å². The van der Waals surface area contributed by atoms with Gasteiger partial charge in [-0.05, 0) is 53.0 Å². The SMILES string of the molecule is CC[C@H](C(=O)NC)N(Cc1cccc(C)c1)C(=O)COc1ccc(Cl)cc1Br. The van der Waals surface area contributed by atoms with Gasteiger partial charge in [0.05, 0.1) is 4.47 Å². The van der Waals surface area contributed by atoms with Gasteiger partial charge in [0.1, 0.15) is 11.8 Å². The topological polar surface area (TPSA) is 58.6 Å². The molecule has 2 aromatic rings. The number of ether oxygens (including phenoxy) is 1. The van der Waals surface area contributed by atoms with Crippen molar-refractivity contribution in [2.24, 2.45) is 0 Å².